The van der Waals surface area contributed by atoms with Gasteiger partial charge in [0.05, 0.1) is 5.75 Å². The third kappa shape index (κ3) is 4.92. The number of nitrogens with one attached hydrogen (secondary N) is 1. The zero-order valence-electron chi connectivity index (χ0n) is 15.9. The van der Waals surface area contributed by atoms with E-state index in [0.717, 1.165) is 24.0 Å². The van der Waals surface area contributed by atoms with Gasteiger partial charge in [0.1, 0.15) is 5.37 Å². The second-order valence-corrected chi connectivity index (χ2v) is 8.02. The van der Waals surface area contributed by atoms with E-state index in [0.29, 0.717) is 17.9 Å². The maximum Gasteiger partial charge on any atom is 0.251 e. The summed E-state index contributed by atoms with van der Waals surface area (Å²) in [5.74, 6) is 0.608. The van der Waals surface area contributed by atoms with Gasteiger partial charge in [-0.1, -0.05) is 55.8 Å². The average Bonchev–Trinajstić information content (AvgIpc) is 3.03. The molecule has 0 radical (unpaired) electrons. The van der Waals surface area contributed by atoms with Crippen molar-refractivity contribution in [2.75, 3.05) is 5.75 Å². The van der Waals surface area contributed by atoms with Crippen LogP contribution in [0.2, 0.25) is 0 Å². The van der Waals surface area contributed by atoms with Gasteiger partial charge in [-0.2, -0.15) is 0 Å². The first-order valence-corrected chi connectivity index (χ1v) is 10.5. The number of rotatable bonds is 7. The Kier molecular flexibility index (Phi) is 6.56. The fraction of sp³-hybridized carbons (Fsp3) is 0.364. The number of carbonyl (C=O) groups is 2. The van der Waals surface area contributed by atoms with Crippen LogP contribution in [0.15, 0.2) is 54.6 Å². The summed E-state index contributed by atoms with van der Waals surface area (Å²) in [6.45, 7) is 4.74. The van der Waals surface area contributed by atoms with Crippen LogP contribution in [0.25, 0.3) is 0 Å². The highest BCUT2D eigenvalue weighted by molar-refractivity contribution is 8.00. The molecule has 1 fully saturated rings. The van der Waals surface area contributed by atoms with Crippen molar-refractivity contribution in [1.82, 2.24) is 10.2 Å². The topological polar surface area (TPSA) is 49.4 Å². The fourth-order valence-corrected chi connectivity index (χ4v) is 4.48. The van der Waals surface area contributed by atoms with Crippen LogP contribution >= 0.6 is 11.8 Å². The monoisotopic (exact) mass is 382 g/mol. The molecule has 2 atom stereocenters. The highest BCUT2D eigenvalue weighted by Crippen LogP contribution is 2.39. The smallest absolute Gasteiger partial charge is 0.251 e. The van der Waals surface area contributed by atoms with E-state index >= 15 is 0 Å². The second kappa shape index (κ2) is 9.09. The number of thioether (sulfide) groups is 1. The van der Waals surface area contributed by atoms with E-state index in [9.17, 15) is 9.59 Å². The van der Waals surface area contributed by atoms with E-state index in [1.54, 1.807) is 11.8 Å². The Morgan fingerprint density at radius 1 is 1.19 bits per heavy atom. The molecular formula is C22H26N2O2S. The van der Waals surface area contributed by atoms with E-state index in [1.807, 2.05) is 66.4 Å². The first-order valence-electron chi connectivity index (χ1n) is 9.44. The average molecular weight is 383 g/mol. The summed E-state index contributed by atoms with van der Waals surface area (Å²) in [5.41, 5.74) is 2.84. The van der Waals surface area contributed by atoms with Crippen LogP contribution < -0.4 is 5.32 Å². The first kappa shape index (κ1) is 19.5. The minimum absolute atomic E-state index is 0.00571. The van der Waals surface area contributed by atoms with Crippen LogP contribution in [-0.4, -0.2) is 28.5 Å². The molecule has 0 spiro atoms. The van der Waals surface area contributed by atoms with Gasteiger partial charge >= 0.3 is 0 Å². The molecular weight excluding hydrogens is 356 g/mol. The van der Waals surface area contributed by atoms with Gasteiger partial charge in [-0.3, -0.25) is 9.59 Å². The number of amides is 2. The van der Waals surface area contributed by atoms with Crippen LogP contribution in [0.3, 0.4) is 0 Å². The third-order valence-electron chi connectivity index (χ3n) is 4.72. The summed E-state index contributed by atoms with van der Waals surface area (Å²) in [6, 6.07) is 17.9. The molecule has 1 aliphatic rings. The van der Waals surface area contributed by atoms with Crippen LogP contribution in [0.1, 0.15) is 53.5 Å². The zero-order valence-corrected chi connectivity index (χ0v) is 16.7. The lowest BCUT2D eigenvalue weighted by atomic mass is 10.1. The van der Waals surface area contributed by atoms with Crippen molar-refractivity contribution in [3.05, 3.63) is 71.3 Å². The van der Waals surface area contributed by atoms with Crippen LogP contribution in [0, 0.1) is 0 Å². The molecule has 0 aromatic heterocycles. The Labute approximate surface area is 165 Å². The van der Waals surface area contributed by atoms with Gasteiger partial charge in [0.25, 0.3) is 5.91 Å². The lowest BCUT2D eigenvalue weighted by Crippen LogP contribution is -2.32. The van der Waals surface area contributed by atoms with Crippen molar-refractivity contribution >= 4 is 23.6 Å². The molecule has 0 unspecified atom stereocenters. The van der Waals surface area contributed by atoms with Gasteiger partial charge in [0.2, 0.25) is 5.91 Å². The minimum Gasteiger partial charge on any atom is -0.350 e. The predicted octanol–water partition coefficient (Wildman–Crippen LogP) is 4.38. The summed E-state index contributed by atoms with van der Waals surface area (Å²) in [7, 11) is 0. The fourth-order valence-electron chi connectivity index (χ4n) is 3.29. The number of hydrogen-bond acceptors (Lipinski definition) is 3. The molecule has 5 heteroatoms. The molecule has 0 bridgehead atoms. The standard InChI is InChI=1S/C22H26N2O2S/c1-3-7-16(2)23-21(26)18-10-12-19(13-11-18)22-24(20(25)15-27-22)14-17-8-5-4-6-9-17/h4-6,8-13,16,22H,3,7,14-15H2,1-2H3,(H,23,26)/t16-,22+/m1/s1. The van der Waals surface area contributed by atoms with Gasteiger partial charge in [0.15, 0.2) is 0 Å². The van der Waals surface area contributed by atoms with E-state index in [2.05, 4.69) is 12.2 Å². The summed E-state index contributed by atoms with van der Waals surface area (Å²) in [5, 5.41) is 3.02. The van der Waals surface area contributed by atoms with E-state index in [4.69, 9.17) is 0 Å². The zero-order chi connectivity index (χ0) is 19.2. The Morgan fingerprint density at radius 3 is 2.56 bits per heavy atom. The van der Waals surface area contributed by atoms with Gasteiger partial charge in [-0.25, -0.2) is 0 Å². The summed E-state index contributed by atoms with van der Waals surface area (Å²) in [4.78, 5) is 26.6. The quantitative estimate of drug-likeness (QED) is 0.773. The van der Waals surface area contributed by atoms with Crippen molar-refractivity contribution in [2.45, 2.75) is 44.6 Å². The molecule has 1 heterocycles. The van der Waals surface area contributed by atoms with Gasteiger partial charge < -0.3 is 10.2 Å². The molecule has 27 heavy (non-hydrogen) atoms. The number of carbonyl (C=O) groups excluding carboxylic acids is 2. The van der Waals surface area contributed by atoms with Crippen molar-refractivity contribution in [3.8, 4) is 0 Å². The van der Waals surface area contributed by atoms with E-state index < -0.39 is 0 Å². The number of benzene rings is 2. The van der Waals surface area contributed by atoms with Crippen molar-refractivity contribution < 1.29 is 9.59 Å². The third-order valence-corrected chi connectivity index (χ3v) is 5.98. The molecule has 1 aliphatic heterocycles. The molecule has 1 saturated heterocycles. The van der Waals surface area contributed by atoms with Crippen LogP contribution in [0.4, 0.5) is 0 Å². The molecule has 0 saturated carbocycles. The lowest BCUT2D eigenvalue weighted by molar-refractivity contribution is -0.128. The normalized spacial score (nSPS) is 17.8. The molecule has 142 valence electrons. The van der Waals surface area contributed by atoms with Gasteiger partial charge in [0, 0.05) is 18.2 Å². The predicted molar refractivity (Wildman–Crippen MR) is 110 cm³/mol. The van der Waals surface area contributed by atoms with Crippen molar-refractivity contribution in [2.24, 2.45) is 0 Å². The molecule has 0 aliphatic carbocycles. The number of hydrogen-bond donors (Lipinski definition) is 1. The summed E-state index contributed by atoms with van der Waals surface area (Å²) < 4.78 is 0. The van der Waals surface area contributed by atoms with Gasteiger partial charge in [-0.15, -0.1) is 11.8 Å². The molecule has 2 aromatic rings. The van der Waals surface area contributed by atoms with Crippen molar-refractivity contribution in [1.29, 1.82) is 0 Å². The largest absolute Gasteiger partial charge is 0.350 e. The Balaban J connectivity index is 1.70. The maximum atomic E-state index is 12.4. The highest BCUT2D eigenvalue weighted by Gasteiger charge is 2.32. The maximum absolute atomic E-state index is 12.4. The Morgan fingerprint density at radius 2 is 1.89 bits per heavy atom. The molecule has 3 rings (SSSR count). The summed E-state index contributed by atoms with van der Waals surface area (Å²) >= 11 is 1.64. The minimum atomic E-state index is -0.0428. The second-order valence-electron chi connectivity index (χ2n) is 6.96. The lowest BCUT2D eigenvalue weighted by Gasteiger charge is -2.24. The molecule has 2 amide bonds. The SMILES string of the molecule is CCC[C@@H](C)NC(=O)c1ccc([C@@H]2SCC(=O)N2Cc2ccccc2)cc1. The Hall–Kier alpha value is -2.27. The summed E-state index contributed by atoms with van der Waals surface area (Å²) in [6.07, 6.45) is 2.02. The molecule has 1 N–H and O–H groups in total. The number of nitrogens with zero attached hydrogens (tertiary/aromatic N) is 1. The molecule has 4 nitrogen and oxygen atoms in total. The van der Waals surface area contributed by atoms with E-state index in [1.165, 1.54) is 0 Å². The highest BCUT2D eigenvalue weighted by atomic mass is 32.2. The molecule has 2 aromatic carbocycles. The Bertz CT molecular complexity index is 777. The van der Waals surface area contributed by atoms with Crippen LogP contribution in [-0.2, 0) is 11.3 Å². The van der Waals surface area contributed by atoms with Crippen molar-refractivity contribution in [3.63, 3.8) is 0 Å². The van der Waals surface area contributed by atoms with E-state index in [-0.39, 0.29) is 23.2 Å². The first-order chi connectivity index (χ1) is 13.1. The van der Waals surface area contributed by atoms with Gasteiger partial charge in [-0.05, 0) is 36.6 Å². The van der Waals surface area contributed by atoms with Crippen LogP contribution in [0.5, 0.6) is 0 Å².